The summed E-state index contributed by atoms with van der Waals surface area (Å²) in [5.41, 5.74) is 3.30. The molecule has 2 aliphatic carbocycles. The SMILES string of the molecule is Cc1cccc2cnc(-c3[c-]cccc3)cc12.OC1CCCCC2CCCCC(O)C12.[Ir]. The van der Waals surface area contributed by atoms with Crippen LogP contribution in [0, 0.1) is 24.8 Å². The number of fused-ring (bicyclic) bond motifs is 2. The van der Waals surface area contributed by atoms with E-state index in [0.717, 1.165) is 36.9 Å². The molecule has 1 radical (unpaired) electrons. The van der Waals surface area contributed by atoms with Crippen molar-refractivity contribution in [3.8, 4) is 11.3 Å². The van der Waals surface area contributed by atoms with Crippen molar-refractivity contribution in [3.63, 3.8) is 0 Å². The van der Waals surface area contributed by atoms with Crippen LogP contribution in [-0.2, 0) is 20.1 Å². The minimum Gasteiger partial charge on any atom is -0.393 e. The standard InChI is InChI=1S/C16H12N.C12H22O2.Ir/c1-12-6-5-9-14-11-17-16(10-15(12)14)13-7-3-2-4-8-13;13-10-7-3-1-5-9-6-2-4-8-11(14)12(9)10;/h2-7,9-11H,1H3;9-14H,1-8H2;/q-1;;. The molecule has 32 heavy (non-hydrogen) atoms. The Bertz CT molecular complexity index is 960. The van der Waals surface area contributed by atoms with Crippen molar-refractivity contribution < 1.29 is 30.3 Å². The molecule has 3 nitrogen and oxygen atoms in total. The molecule has 1 aromatic heterocycles. The fourth-order valence-corrected chi connectivity index (χ4v) is 5.35. The van der Waals surface area contributed by atoms with Gasteiger partial charge in [-0.05, 0) is 60.6 Å². The van der Waals surface area contributed by atoms with Crippen molar-refractivity contribution in [2.24, 2.45) is 11.8 Å². The zero-order valence-electron chi connectivity index (χ0n) is 18.8. The van der Waals surface area contributed by atoms with Gasteiger partial charge in [-0.15, -0.1) is 35.9 Å². The molecule has 2 aromatic carbocycles. The minimum absolute atomic E-state index is 0. The van der Waals surface area contributed by atoms with E-state index in [0.29, 0.717) is 5.92 Å². The second kappa shape index (κ2) is 12.0. The normalized spacial score (nSPS) is 25.3. The van der Waals surface area contributed by atoms with Crippen molar-refractivity contribution in [3.05, 3.63) is 66.4 Å². The van der Waals surface area contributed by atoms with E-state index in [2.05, 4.69) is 42.2 Å². The molecule has 0 saturated heterocycles. The fraction of sp³-hybridized carbons (Fsp3) is 0.464. The van der Waals surface area contributed by atoms with Crippen LogP contribution in [0.25, 0.3) is 22.0 Å². The van der Waals surface area contributed by atoms with Crippen LogP contribution in [0.4, 0.5) is 0 Å². The second-order valence-corrected chi connectivity index (χ2v) is 9.18. The summed E-state index contributed by atoms with van der Waals surface area (Å²) in [6.07, 6.45) is 10.5. The number of hydrogen-bond acceptors (Lipinski definition) is 3. The predicted octanol–water partition coefficient (Wildman–Crippen LogP) is 6.10. The maximum absolute atomic E-state index is 10.0. The molecule has 2 saturated carbocycles. The van der Waals surface area contributed by atoms with Crippen LogP contribution < -0.4 is 0 Å². The Kier molecular flexibility index (Phi) is 9.43. The Morgan fingerprint density at radius 3 is 2.22 bits per heavy atom. The molecule has 173 valence electrons. The van der Waals surface area contributed by atoms with E-state index in [-0.39, 0.29) is 38.2 Å². The third kappa shape index (κ3) is 6.05. The topological polar surface area (TPSA) is 53.4 Å². The van der Waals surface area contributed by atoms with Gasteiger partial charge in [0, 0.05) is 32.2 Å². The molecule has 2 fully saturated rings. The molecule has 0 amide bonds. The summed E-state index contributed by atoms with van der Waals surface area (Å²) in [6, 6.07) is 19.5. The van der Waals surface area contributed by atoms with Gasteiger partial charge in [0.05, 0.1) is 12.2 Å². The molecule has 4 heteroatoms. The first-order chi connectivity index (χ1) is 15.1. The van der Waals surface area contributed by atoms with Gasteiger partial charge in [0.1, 0.15) is 0 Å². The number of aryl methyl sites for hydroxylation is 1. The van der Waals surface area contributed by atoms with Gasteiger partial charge in [-0.25, -0.2) is 0 Å². The van der Waals surface area contributed by atoms with E-state index < -0.39 is 0 Å². The van der Waals surface area contributed by atoms with Crippen LogP contribution in [0.2, 0.25) is 0 Å². The summed E-state index contributed by atoms with van der Waals surface area (Å²) in [5, 5.41) is 22.5. The molecule has 2 atom stereocenters. The summed E-state index contributed by atoms with van der Waals surface area (Å²) in [4.78, 5) is 4.49. The Morgan fingerprint density at radius 2 is 1.56 bits per heavy atom. The van der Waals surface area contributed by atoms with Gasteiger partial charge in [-0.1, -0.05) is 49.9 Å². The van der Waals surface area contributed by atoms with Crippen molar-refractivity contribution in [1.82, 2.24) is 4.98 Å². The largest absolute Gasteiger partial charge is 0.393 e. The van der Waals surface area contributed by atoms with E-state index in [1.165, 1.54) is 42.0 Å². The van der Waals surface area contributed by atoms with E-state index in [4.69, 9.17) is 0 Å². The summed E-state index contributed by atoms with van der Waals surface area (Å²) in [6.45, 7) is 2.13. The monoisotopic (exact) mass is 609 g/mol. The number of aliphatic hydroxyl groups is 2. The van der Waals surface area contributed by atoms with E-state index >= 15 is 0 Å². The maximum atomic E-state index is 10.0. The second-order valence-electron chi connectivity index (χ2n) is 9.18. The predicted molar refractivity (Wildman–Crippen MR) is 127 cm³/mol. The van der Waals surface area contributed by atoms with E-state index in [1.807, 2.05) is 30.5 Å². The zero-order valence-corrected chi connectivity index (χ0v) is 21.2. The molecule has 1 heterocycles. The summed E-state index contributed by atoms with van der Waals surface area (Å²) < 4.78 is 0. The molecular weight excluding hydrogens is 575 g/mol. The first kappa shape index (κ1) is 25.0. The molecule has 5 rings (SSSR count). The molecule has 0 bridgehead atoms. The number of pyridine rings is 1. The number of nitrogens with zero attached hydrogens (tertiary/aromatic N) is 1. The van der Waals surface area contributed by atoms with Crippen LogP contribution in [0.3, 0.4) is 0 Å². The molecule has 2 aliphatic rings. The van der Waals surface area contributed by atoms with Crippen molar-refractivity contribution in [2.45, 2.75) is 70.5 Å². The number of rotatable bonds is 1. The van der Waals surface area contributed by atoms with Gasteiger partial charge in [0.25, 0.3) is 0 Å². The van der Waals surface area contributed by atoms with Crippen LogP contribution >= 0.6 is 0 Å². The van der Waals surface area contributed by atoms with Gasteiger partial charge in [0.15, 0.2) is 0 Å². The van der Waals surface area contributed by atoms with Crippen molar-refractivity contribution >= 4 is 10.8 Å². The van der Waals surface area contributed by atoms with Crippen molar-refractivity contribution in [2.75, 3.05) is 0 Å². The number of hydrogen-bond donors (Lipinski definition) is 2. The Balaban J connectivity index is 0.000000178. The van der Waals surface area contributed by atoms with E-state index in [1.54, 1.807) is 0 Å². The summed E-state index contributed by atoms with van der Waals surface area (Å²) in [5.74, 6) is 0.769. The van der Waals surface area contributed by atoms with Crippen LogP contribution in [-0.4, -0.2) is 27.4 Å². The van der Waals surface area contributed by atoms with E-state index in [9.17, 15) is 10.2 Å². The quantitative estimate of drug-likeness (QED) is 0.329. The number of aliphatic hydroxyl groups excluding tert-OH is 2. The van der Waals surface area contributed by atoms with Gasteiger partial charge in [-0.2, -0.15) is 0 Å². The number of benzene rings is 2. The average molecular weight is 609 g/mol. The first-order valence-electron chi connectivity index (χ1n) is 11.8. The van der Waals surface area contributed by atoms with Crippen LogP contribution in [0.5, 0.6) is 0 Å². The van der Waals surface area contributed by atoms with Crippen molar-refractivity contribution in [1.29, 1.82) is 0 Å². The third-order valence-corrected chi connectivity index (χ3v) is 7.05. The average Bonchev–Trinajstić information content (AvgIpc) is 3.10. The first-order valence-corrected chi connectivity index (χ1v) is 11.8. The smallest absolute Gasteiger partial charge is 0.0595 e. The molecule has 0 spiro atoms. The summed E-state index contributed by atoms with van der Waals surface area (Å²) in [7, 11) is 0. The summed E-state index contributed by atoms with van der Waals surface area (Å²) >= 11 is 0. The minimum atomic E-state index is -0.240. The van der Waals surface area contributed by atoms with Gasteiger partial charge >= 0.3 is 0 Å². The van der Waals surface area contributed by atoms with Gasteiger partial charge in [0.2, 0.25) is 0 Å². The third-order valence-electron chi connectivity index (χ3n) is 7.05. The van der Waals surface area contributed by atoms with Crippen LogP contribution in [0.15, 0.2) is 54.7 Å². The van der Waals surface area contributed by atoms with Gasteiger partial charge < -0.3 is 15.2 Å². The van der Waals surface area contributed by atoms with Gasteiger partial charge in [-0.3, -0.25) is 0 Å². The molecule has 2 N–H and O–H groups in total. The molecule has 0 aliphatic heterocycles. The Morgan fingerprint density at radius 1 is 0.875 bits per heavy atom. The Hall–Kier alpha value is -1.58. The zero-order chi connectivity index (χ0) is 21.6. The molecular formula is C28H34IrNO2-. The molecule has 3 aromatic rings. The fourth-order valence-electron chi connectivity index (χ4n) is 5.35. The maximum Gasteiger partial charge on any atom is 0.0595 e. The number of aromatic nitrogens is 1. The Labute approximate surface area is 205 Å². The molecule has 2 unspecified atom stereocenters. The van der Waals surface area contributed by atoms with Crippen LogP contribution in [0.1, 0.15) is 56.9 Å².